The Morgan fingerprint density at radius 2 is 1.94 bits per heavy atom. The average Bonchev–Trinajstić information content (AvgIpc) is 2.26. The van der Waals surface area contributed by atoms with Crippen molar-refractivity contribution < 1.29 is 22.7 Å². The molecule has 1 aliphatic carbocycles. The molecule has 1 aromatic carbocycles. The Morgan fingerprint density at radius 1 is 1.33 bits per heavy atom. The monoisotopic (exact) mass is 262 g/mol. The number of benzene rings is 1. The van der Waals surface area contributed by atoms with Crippen LogP contribution in [0.5, 0.6) is 0 Å². The number of hydrogen-bond acceptors (Lipinski definition) is 1. The topological polar surface area (TPSA) is 20.2 Å². The third kappa shape index (κ3) is 2.00. The van der Waals surface area contributed by atoms with Gasteiger partial charge in [-0.05, 0) is 24.5 Å². The van der Waals surface area contributed by atoms with E-state index < -0.39 is 29.4 Å². The van der Waals surface area contributed by atoms with Crippen LogP contribution in [0.1, 0.15) is 25.3 Å². The molecule has 0 heterocycles. The lowest BCUT2D eigenvalue weighted by atomic mass is 9.56. The minimum absolute atomic E-state index is 0.254. The van der Waals surface area contributed by atoms with Gasteiger partial charge in [0.05, 0.1) is 0 Å². The van der Waals surface area contributed by atoms with Crippen LogP contribution in [0, 0.1) is 11.7 Å². The van der Waals surface area contributed by atoms with E-state index in [2.05, 4.69) is 0 Å². The van der Waals surface area contributed by atoms with Gasteiger partial charge in [0.15, 0.2) is 6.10 Å². The molecule has 2 rings (SSSR count). The maximum atomic E-state index is 13.7. The van der Waals surface area contributed by atoms with Crippen LogP contribution >= 0.6 is 0 Å². The molecule has 100 valence electrons. The third-order valence-corrected chi connectivity index (χ3v) is 4.00. The van der Waals surface area contributed by atoms with Crippen LogP contribution in [0.2, 0.25) is 0 Å². The molecule has 1 aliphatic rings. The van der Waals surface area contributed by atoms with Crippen molar-refractivity contribution >= 4 is 0 Å². The summed E-state index contributed by atoms with van der Waals surface area (Å²) in [5, 5.41) is 9.35. The number of alkyl halides is 3. The normalized spacial score (nSPS) is 29.8. The number of hydrogen-bond donors (Lipinski definition) is 1. The van der Waals surface area contributed by atoms with Gasteiger partial charge in [-0.15, -0.1) is 0 Å². The highest BCUT2D eigenvalue weighted by molar-refractivity contribution is 5.30. The molecule has 3 atom stereocenters. The SMILES string of the molecule is C[C@@]1(c2ccccc2F)CC[C@H]1[C@H](O)C(F)(F)F. The van der Waals surface area contributed by atoms with Crippen LogP contribution in [0.3, 0.4) is 0 Å². The second-order valence-corrected chi connectivity index (χ2v) is 5.03. The van der Waals surface area contributed by atoms with Gasteiger partial charge < -0.3 is 5.11 Å². The Kier molecular flexibility index (Phi) is 3.13. The summed E-state index contributed by atoms with van der Waals surface area (Å²) in [6.45, 7) is 1.58. The number of aliphatic hydroxyl groups excluding tert-OH is 1. The summed E-state index contributed by atoms with van der Waals surface area (Å²) in [6, 6.07) is 5.82. The van der Waals surface area contributed by atoms with Gasteiger partial charge in [0.25, 0.3) is 0 Å². The van der Waals surface area contributed by atoms with E-state index >= 15 is 0 Å². The van der Waals surface area contributed by atoms with E-state index in [-0.39, 0.29) is 12.0 Å². The van der Waals surface area contributed by atoms with Crippen LogP contribution in [0.25, 0.3) is 0 Å². The minimum Gasteiger partial charge on any atom is -0.383 e. The van der Waals surface area contributed by atoms with Crippen molar-refractivity contribution in [3.8, 4) is 0 Å². The first-order valence-electron chi connectivity index (χ1n) is 5.76. The van der Waals surface area contributed by atoms with Crippen molar-refractivity contribution in [2.75, 3.05) is 0 Å². The molecule has 1 saturated carbocycles. The lowest BCUT2D eigenvalue weighted by Crippen LogP contribution is -2.53. The van der Waals surface area contributed by atoms with Gasteiger partial charge in [-0.2, -0.15) is 13.2 Å². The molecule has 0 aliphatic heterocycles. The summed E-state index contributed by atoms with van der Waals surface area (Å²) < 4.78 is 51.3. The number of rotatable bonds is 2. The van der Waals surface area contributed by atoms with Crippen molar-refractivity contribution in [3.05, 3.63) is 35.6 Å². The van der Waals surface area contributed by atoms with Crippen molar-refractivity contribution in [3.63, 3.8) is 0 Å². The van der Waals surface area contributed by atoms with Crippen LogP contribution in [0.4, 0.5) is 17.6 Å². The standard InChI is InChI=1S/C13H14F4O/c1-12(8-4-2-3-5-10(8)14)7-6-9(12)11(18)13(15,16)17/h2-5,9,11,18H,6-7H2,1H3/t9-,11-,12-/m0/s1. The van der Waals surface area contributed by atoms with Crippen LogP contribution in [-0.4, -0.2) is 17.4 Å². The molecule has 1 N–H and O–H groups in total. The summed E-state index contributed by atoms with van der Waals surface area (Å²) >= 11 is 0. The zero-order valence-electron chi connectivity index (χ0n) is 9.84. The molecular weight excluding hydrogens is 248 g/mol. The van der Waals surface area contributed by atoms with Crippen molar-refractivity contribution in [2.45, 2.75) is 37.5 Å². The second-order valence-electron chi connectivity index (χ2n) is 5.03. The van der Waals surface area contributed by atoms with Crippen LogP contribution < -0.4 is 0 Å². The molecule has 0 spiro atoms. The molecule has 1 fully saturated rings. The fraction of sp³-hybridized carbons (Fsp3) is 0.538. The summed E-state index contributed by atoms with van der Waals surface area (Å²) in [7, 11) is 0. The Bertz CT molecular complexity index is 443. The number of halogens is 4. The lowest BCUT2D eigenvalue weighted by Gasteiger charge is -2.50. The van der Waals surface area contributed by atoms with E-state index in [4.69, 9.17) is 0 Å². The average molecular weight is 262 g/mol. The third-order valence-electron chi connectivity index (χ3n) is 4.00. The van der Waals surface area contributed by atoms with Gasteiger partial charge in [0.1, 0.15) is 5.82 Å². The predicted octanol–water partition coefficient (Wildman–Crippen LogP) is 3.42. The van der Waals surface area contributed by atoms with Gasteiger partial charge in [0.2, 0.25) is 0 Å². The van der Waals surface area contributed by atoms with Gasteiger partial charge >= 0.3 is 6.18 Å². The maximum absolute atomic E-state index is 13.7. The van der Waals surface area contributed by atoms with Crippen LogP contribution in [0.15, 0.2) is 24.3 Å². The Morgan fingerprint density at radius 3 is 2.39 bits per heavy atom. The van der Waals surface area contributed by atoms with Crippen molar-refractivity contribution in [2.24, 2.45) is 5.92 Å². The molecule has 18 heavy (non-hydrogen) atoms. The van der Waals surface area contributed by atoms with Gasteiger partial charge in [0, 0.05) is 11.3 Å². The highest BCUT2D eigenvalue weighted by Gasteiger charge is 2.56. The van der Waals surface area contributed by atoms with E-state index in [1.54, 1.807) is 13.0 Å². The highest BCUT2D eigenvalue weighted by atomic mass is 19.4. The molecular formula is C13H14F4O. The predicted molar refractivity (Wildman–Crippen MR) is 58.5 cm³/mol. The van der Waals surface area contributed by atoms with E-state index in [0.29, 0.717) is 6.42 Å². The maximum Gasteiger partial charge on any atom is 0.414 e. The van der Waals surface area contributed by atoms with Gasteiger partial charge in [-0.1, -0.05) is 25.1 Å². The van der Waals surface area contributed by atoms with Crippen molar-refractivity contribution in [1.29, 1.82) is 0 Å². The van der Waals surface area contributed by atoms with Gasteiger partial charge in [-0.3, -0.25) is 0 Å². The first-order valence-corrected chi connectivity index (χ1v) is 5.76. The van der Waals surface area contributed by atoms with E-state index in [0.717, 1.165) is 0 Å². The fourth-order valence-electron chi connectivity index (χ4n) is 2.74. The first-order chi connectivity index (χ1) is 8.27. The minimum atomic E-state index is -4.66. The molecule has 0 unspecified atom stereocenters. The lowest BCUT2D eigenvalue weighted by molar-refractivity contribution is -0.237. The quantitative estimate of drug-likeness (QED) is 0.810. The van der Waals surface area contributed by atoms with Crippen LogP contribution in [-0.2, 0) is 5.41 Å². The largest absolute Gasteiger partial charge is 0.414 e. The van der Waals surface area contributed by atoms with E-state index in [9.17, 15) is 22.7 Å². The zero-order chi connectivity index (χ0) is 13.6. The Labute approximate surface area is 102 Å². The molecule has 0 saturated heterocycles. The Balaban J connectivity index is 2.31. The highest BCUT2D eigenvalue weighted by Crippen LogP contribution is 2.53. The van der Waals surface area contributed by atoms with E-state index in [1.165, 1.54) is 18.2 Å². The van der Waals surface area contributed by atoms with E-state index in [1.807, 2.05) is 0 Å². The molecule has 0 radical (unpaired) electrons. The summed E-state index contributed by atoms with van der Waals surface area (Å²) in [5.74, 6) is -1.49. The fourth-order valence-corrected chi connectivity index (χ4v) is 2.74. The second kappa shape index (κ2) is 4.23. The summed E-state index contributed by atoms with van der Waals surface area (Å²) in [6.07, 6.45) is -6.34. The first kappa shape index (κ1) is 13.3. The van der Waals surface area contributed by atoms with Crippen molar-refractivity contribution in [1.82, 2.24) is 0 Å². The zero-order valence-corrected chi connectivity index (χ0v) is 9.84. The molecule has 0 amide bonds. The molecule has 0 bridgehead atoms. The summed E-state index contributed by atoms with van der Waals surface area (Å²) in [4.78, 5) is 0. The summed E-state index contributed by atoms with van der Waals surface area (Å²) in [5.41, 5.74) is -0.690. The molecule has 0 aromatic heterocycles. The molecule has 1 nitrogen and oxygen atoms in total. The van der Waals surface area contributed by atoms with Gasteiger partial charge in [-0.25, -0.2) is 4.39 Å². The number of aliphatic hydroxyl groups is 1. The Hall–Kier alpha value is -1.10. The molecule has 1 aromatic rings. The molecule has 5 heteroatoms. The smallest absolute Gasteiger partial charge is 0.383 e.